The second-order valence-corrected chi connectivity index (χ2v) is 8.06. The van der Waals surface area contributed by atoms with Crippen molar-refractivity contribution >= 4 is 27.0 Å². The quantitative estimate of drug-likeness (QED) is 0.853. The van der Waals surface area contributed by atoms with E-state index in [1.165, 1.54) is 17.5 Å². The Morgan fingerprint density at radius 3 is 2.71 bits per heavy atom. The molecule has 0 amide bonds. The molecular weight excluding hydrogens is 308 g/mol. The number of hydrogen-bond donors (Lipinski definition) is 2. The summed E-state index contributed by atoms with van der Waals surface area (Å²) in [6.45, 7) is 6.44. The monoisotopic (exact) mass is 328 g/mol. The Hall–Kier alpha value is -1.38. The van der Waals surface area contributed by atoms with Crippen LogP contribution in [-0.2, 0) is 16.6 Å². The molecule has 21 heavy (non-hydrogen) atoms. The number of sulfonamides is 1. The topological polar surface area (TPSA) is 76.0 Å². The number of nitrogens with one attached hydrogen (secondary N) is 2. The van der Waals surface area contributed by atoms with Gasteiger partial charge in [-0.25, -0.2) is 8.42 Å². The number of nitrogens with zero attached hydrogens (tertiary/aromatic N) is 2. The molecule has 0 radical (unpaired) electrons. The summed E-state index contributed by atoms with van der Waals surface area (Å²) in [5, 5.41) is 7.16. The molecule has 0 aliphatic rings. The van der Waals surface area contributed by atoms with E-state index in [4.69, 9.17) is 0 Å². The largest absolute Gasteiger partial charge is 0.315 e. The van der Waals surface area contributed by atoms with Crippen molar-refractivity contribution in [1.29, 1.82) is 0 Å². The van der Waals surface area contributed by atoms with Gasteiger partial charge in [0.25, 0.3) is 10.0 Å². The van der Waals surface area contributed by atoms with E-state index in [1.807, 2.05) is 27.8 Å². The van der Waals surface area contributed by atoms with Crippen LogP contribution in [0.25, 0.3) is 0 Å². The summed E-state index contributed by atoms with van der Waals surface area (Å²) in [6.07, 6.45) is 3.21. The molecule has 8 heteroatoms. The fourth-order valence-corrected chi connectivity index (χ4v) is 4.61. The molecule has 0 saturated carbocycles. The van der Waals surface area contributed by atoms with Crippen LogP contribution in [0.1, 0.15) is 29.6 Å². The van der Waals surface area contributed by atoms with Crippen LogP contribution in [0.15, 0.2) is 23.4 Å². The zero-order chi connectivity index (χ0) is 15.6. The summed E-state index contributed by atoms with van der Waals surface area (Å²) in [6, 6.07) is 1.90. The number of hydrogen-bond acceptors (Lipinski definition) is 5. The molecule has 2 rings (SSSR count). The maximum Gasteiger partial charge on any atom is 0.263 e. The van der Waals surface area contributed by atoms with Crippen LogP contribution in [0, 0.1) is 6.92 Å². The van der Waals surface area contributed by atoms with Crippen LogP contribution in [-0.4, -0.2) is 25.2 Å². The Labute approximate surface area is 129 Å². The van der Waals surface area contributed by atoms with E-state index >= 15 is 0 Å². The van der Waals surface area contributed by atoms with Gasteiger partial charge in [-0.1, -0.05) is 0 Å². The van der Waals surface area contributed by atoms with E-state index in [0.717, 1.165) is 9.75 Å². The molecule has 0 aromatic carbocycles. The lowest BCUT2D eigenvalue weighted by Crippen LogP contribution is -2.13. The minimum Gasteiger partial charge on any atom is -0.315 e. The first kappa shape index (κ1) is 16.0. The van der Waals surface area contributed by atoms with E-state index in [9.17, 15) is 8.42 Å². The van der Waals surface area contributed by atoms with Gasteiger partial charge in [0, 0.05) is 28.5 Å². The Kier molecular flexibility index (Phi) is 4.70. The first-order valence-electron chi connectivity index (χ1n) is 6.64. The second-order valence-electron chi connectivity index (χ2n) is 5.07. The Morgan fingerprint density at radius 2 is 2.14 bits per heavy atom. The van der Waals surface area contributed by atoms with Crippen LogP contribution >= 0.6 is 11.3 Å². The van der Waals surface area contributed by atoms with Crippen molar-refractivity contribution in [2.45, 2.75) is 38.3 Å². The lowest BCUT2D eigenvalue weighted by Gasteiger charge is -2.06. The minimum atomic E-state index is -3.57. The fourth-order valence-electron chi connectivity index (χ4n) is 1.94. The zero-order valence-electron chi connectivity index (χ0n) is 12.5. The highest BCUT2D eigenvalue weighted by Crippen LogP contribution is 2.27. The summed E-state index contributed by atoms with van der Waals surface area (Å²) in [4.78, 5) is 2.10. The summed E-state index contributed by atoms with van der Waals surface area (Å²) < 4.78 is 29.2. The molecule has 0 atom stereocenters. The van der Waals surface area contributed by atoms with E-state index < -0.39 is 10.0 Å². The SMILES string of the molecule is CNCc1cc(S(=O)(=O)Nc2cnn(C(C)C)c2)c(C)s1. The Balaban J connectivity index is 2.25. The molecule has 0 spiro atoms. The lowest BCUT2D eigenvalue weighted by molar-refractivity contribution is 0.532. The molecule has 2 aromatic heterocycles. The van der Waals surface area contributed by atoms with E-state index in [1.54, 1.807) is 16.9 Å². The molecule has 0 bridgehead atoms. The zero-order valence-corrected chi connectivity index (χ0v) is 14.2. The average molecular weight is 328 g/mol. The minimum absolute atomic E-state index is 0.188. The first-order chi connectivity index (χ1) is 9.83. The molecule has 0 unspecified atom stereocenters. The molecule has 2 aromatic rings. The molecule has 0 fully saturated rings. The van der Waals surface area contributed by atoms with Crippen molar-refractivity contribution in [3.63, 3.8) is 0 Å². The van der Waals surface area contributed by atoms with Crippen molar-refractivity contribution in [3.8, 4) is 0 Å². The van der Waals surface area contributed by atoms with Crippen molar-refractivity contribution in [2.75, 3.05) is 11.8 Å². The number of aryl methyl sites for hydroxylation is 1. The molecule has 2 N–H and O–H groups in total. The third kappa shape index (κ3) is 3.63. The molecule has 0 aliphatic heterocycles. The second kappa shape index (κ2) is 6.17. The molecule has 6 nitrogen and oxygen atoms in total. The van der Waals surface area contributed by atoms with Gasteiger partial charge >= 0.3 is 0 Å². The van der Waals surface area contributed by atoms with Crippen LogP contribution in [0.2, 0.25) is 0 Å². The van der Waals surface area contributed by atoms with Gasteiger partial charge in [-0.2, -0.15) is 5.10 Å². The lowest BCUT2D eigenvalue weighted by atomic mass is 10.4. The van der Waals surface area contributed by atoms with Gasteiger partial charge in [0.2, 0.25) is 0 Å². The maximum atomic E-state index is 12.5. The van der Waals surface area contributed by atoms with Gasteiger partial charge < -0.3 is 5.32 Å². The van der Waals surface area contributed by atoms with Crippen LogP contribution in [0.4, 0.5) is 5.69 Å². The molecular formula is C13H20N4O2S2. The third-order valence-corrected chi connectivity index (χ3v) is 5.63. The van der Waals surface area contributed by atoms with Crippen LogP contribution < -0.4 is 10.0 Å². The fraction of sp³-hybridized carbons (Fsp3) is 0.462. The van der Waals surface area contributed by atoms with E-state index in [-0.39, 0.29) is 6.04 Å². The van der Waals surface area contributed by atoms with Crippen molar-refractivity contribution < 1.29 is 8.42 Å². The summed E-state index contributed by atoms with van der Waals surface area (Å²) in [5.74, 6) is 0. The van der Waals surface area contributed by atoms with Gasteiger partial charge in [0.05, 0.1) is 11.9 Å². The van der Waals surface area contributed by atoms with Crippen LogP contribution in [0.5, 0.6) is 0 Å². The summed E-state index contributed by atoms with van der Waals surface area (Å²) in [5.41, 5.74) is 0.476. The smallest absolute Gasteiger partial charge is 0.263 e. The first-order valence-corrected chi connectivity index (χ1v) is 8.94. The maximum absolute atomic E-state index is 12.5. The third-order valence-electron chi connectivity index (χ3n) is 2.95. The highest BCUT2D eigenvalue weighted by molar-refractivity contribution is 7.93. The molecule has 0 aliphatic carbocycles. The van der Waals surface area contributed by atoms with E-state index in [0.29, 0.717) is 17.1 Å². The van der Waals surface area contributed by atoms with Gasteiger partial charge in [-0.15, -0.1) is 11.3 Å². The number of thiophene rings is 1. The molecule has 2 heterocycles. The number of anilines is 1. The van der Waals surface area contributed by atoms with Crippen molar-refractivity contribution in [3.05, 3.63) is 28.2 Å². The number of rotatable bonds is 6. The van der Waals surface area contributed by atoms with Gasteiger partial charge in [-0.05, 0) is 33.9 Å². The van der Waals surface area contributed by atoms with Gasteiger partial charge in [-0.3, -0.25) is 9.40 Å². The normalized spacial score (nSPS) is 12.0. The van der Waals surface area contributed by atoms with Crippen molar-refractivity contribution in [1.82, 2.24) is 15.1 Å². The highest BCUT2D eigenvalue weighted by Gasteiger charge is 2.20. The summed E-state index contributed by atoms with van der Waals surface area (Å²) >= 11 is 1.48. The van der Waals surface area contributed by atoms with E-state index in [2.05, 4.69) is 15.1 Å². The van der Waals surface area contributed by atoms with Gasteiger partial charge in [0.1, 0.15) is 4.90 Å². The van der Waals surface area contributed by atoms with Gasteiger partial charge in [0.15, 0.2) is 0 Å². The van der Waals surface area contributed by atoms with Crippen LogP contribution in [0.3, 0.4) is 0 Å². The standard InChI is InChI=1S/C13H20N4O2S2/c1-9(2)17-8-11(6-15-17)16-21(18,19)13-5-12(7-14-4)20-10(13)3/h5-6,8-9,14,16H,7H2,1-4H3. The number of aromatic nitrogens is 2. The molecule has 116 valence electrons. The molecule has 0 saturated heterocycles. The van der Waals surface area contributed by atoms with Crippen molar-refractivity contribution in [2.24, 2.45) is 0 Å². The average Bonchev–Trinajstić information content (AvgIpc) is 2.96. The Morgan fingerprint density at radius 1 is 1.43 bits per heavy atom. The summed E-state index contributed by atoms with van der Waals surface area (Å²) in [7, 11) is -1.74. The Bertz CT molecular complexity index is 716. The highest BCUT2D eigenvalue weighted by atomic mass is 32.2. The predicted molar refractivity (Wildman–Crippen MR) is 85.2 cm³/mol. The predicted octanol–water partition coefficient (Wildman–Crippen LogP) is 2.35.